The van der Waals surface area contributed by atoms with E-state index in [1.54, 1.807) is 33.3 Å². The SMILES string of the molecule is COc1ccc(CN2C(=O)C(O)=C(C(=O)c3sc(C)nc3C)C2c2cccs2)cc1OC. The van der Waals surface area contributed by atoms with Crippen LogP contribution in [0, 0.1) is 13.8 Å². The molecule has 0 aliphatic carbocycles. The Labute approximate surface area is 193 Å². The van der Waals surface area contributed by atoms with E-state index < -0.39 is 17.7 Å². The molecule has 1 atom stereocenters. The Bertz CT molecular complexity index is 1210. The average Bonchev–Trinajstić information content (AvgIpc) is 3.48. The van der Waals surface area contributed by atoms with Gasteiger partial charge >= 0.3 is 0 Å². The van der Waals surface area contributed by atoms with Gasteiger partial charge in [0, 0.05) is 11.4 Å². The van der Waals surface area contributed by atoms with Crippen LogP contribution in [0.2, 0.25) is 0 Å². The zero-order valence-corrected chi connectivity index (χ0v) is 19.7. The number of amides is 1. The molecule has 1 aliphatic heterocycles. The van der Waals surface area contributed by atoms with Crippen molar-refractivity contribution in [1.29, 1.82) is 0 Å². The van der Waals surface area contributed by atoms with Crippen molar-refractivity contribution < 1.29 is 24.2 Å². The first kappa shape index (κ1) is 22.0. The summed E-state index contributed by atoms with van der Waals surface area (Å²) >= 11 is 2.69. The molecule has 0 fully saturated rings. The monoisotopic (exact) mass is 470 g/mol. The number of carbonyl (C=O) groups excluding carboxylic acids is 2. The number of nitrogens with zero attached hydrogens (tertiary/aromatic N) is 2. The van der Waals surface area contributed by atoms with E-state index in [2.05, 4.69) is 4.98 Å². The molecule has 0 radical (unpaired) electrons. The number of thiophene rings is 1. The molecule has 1 aliphatic rings. The molecule has 1 N–H and O–H groups in total. The van der Waals surface area contributed by atoms with Gasteiger partial charge in [-0.1, -0.05) is 12.1 Å². The maximum Gasteiger partial charge on any atom is 0.290 e. The van der Waals surface area contributed by atoms with E-state index >= 15 is 0 Å². The third-order valence-corrected chi connectivity index (χ3v) is 7.27. The van der Waals surface area contributed by atoms with Crippen LogP contribution < -0.4 is 9.47 Å². The Morgan fingerprint density at radius 3 is 2.53 bits per heavy atom. The van der Waals surface area contributed by atoms with Gasteiger partial charge in [0.1, 0.15) is 6.04 Å². The summed E-state index contributed by atoms with van der Waals surface area (Å²) in [4.78, 5) is 33.7. The molecular formula is C23H22N2O5S2. The molecule has 0 bridgehead atoms. The van der Waals surface area contributed by atoms with Gasteiger partial charge in [-0.05, 0) is 43.0 Å². The highest BCUT2D eigenvalue weighted by molar-refractivity contribution is 7.14. The fraction of sp³-hybridized carbons (Fsp3) is 0.261. The Kier molecular flexibility index (Phi) is 6.03. The first-order valence-electron chi connectivity index (χ1n) is 9.82. The van der Waals surface area contributed by atoms with Crippen molar-refractivity contribution in [3.63, 3.8) is 0 Å². The van der Waals surface area contributed by atoms with E-state index in [4.69, 9.17) is 9.47 Å². The summed E-state index contributed by atoms with van der Waals surface area (Å²) in [6.07, 6.45) is 0. The Morgan fingerprint density at radius 2 is 1.94 bits per heavy atom. The lowest BCUT2D eigenvalue weighted by atomic mass is 10.00. The van der Waals surface area contributed by atoms with Crippen molar-refractivity contribution in [2.24, 2.45) is 0 Å². The normalized spacial score (nSPS) is 16.1. The van der Waals surface area contributed by atoms with Crippen molar-refractivity contribution in [3.8, 4) is 11.5 Å². The number of aliphatic hydroxyl groups is 1. The van der Waals surface area contributed by atoms with Gasteiger partial charge < -0.3 is 19.5 Å². The van der Waals surface area contributed by atoms with Crippen LogP contribution in [-0.2, 0) is 11.3 Å². The lowest BCUT2D eigenvalue weighted by Crippen LogP contribution is -2.30. The van der Waals surface area contributed by atoms with Crippen molar-refractivity contribution >= 4 is 34.4 Å². The zero-order chi connectivity index (χ0) is 23.0. The van der Waals surface area contributed by atoms with E-state index in [0.717, 1.165) is 15.4 Å². The minimum atomic E-state index is -0.690. The van der Waals surface area contributed by atoms with Crippen LogP contribution in [0.15, 0.2) is 47.0 Å². The van der Waals surface area contributed by atoms with E-state index in [1.807, 2.05) is 30.5 Å². The highest BCUT2D eigenvalue weighted by Crippen LogP contribution is 2.42. The number of benzene rings is 1. The van der Waals surface area contributed by atoms with Crippen LogP contribution in [0.3, 0.4) is 0 Å². The number of hydrogen-bond acceptors (Lipinski definition) is 8. The van der Waals surface area contributed by atoms with Gasteiger partial charge in [0.05, 0.1) is 35.4 Å². The number of carbonyl (C=O) groups is 2. The van der Waals surface area contributed by atoms with E-state index in [9.17, 15) is 14.7 Å². The molecule has 1 amide bonds. The maximum absolute atomic E-state index is 13.5. The number of aromatic nitrogens is 1. The molecule has 166 valence electrons. The summed E-state index contributed by atoms with van der Waals surface area (Å²) in [6, 6.07) is 8.40. The number of ether oxygens (including phenoxy) is 2. The second-order valence-corrected chi connectivity index (χ2v) is 9.46. The van der Waals surface area contributed by atoms with E-state index in [1.165, 1.54) is 27.6 Å². The lowest BCUT2D eigenvalue weighted by Gasteiger charge is -2.26. The third kappa shape index (κ3) is 3.78. The number of hydrogen-bond donors (Lipinski definition) is 1. The Morgan fingerprint density at radius 1 is 1.19 bits per heavy atom. The molecule has 3 heterocycles. The summed E-state index contributed by atoms with van der Waals surface area (Å²) in [7, 11) is 3.10. The number of aliphatic hydroxyl groups excluding tert-OH is 1. The fourth-order valence-electron chi connectivity index (χ4n) is 3.83. The van der Waals surface area contributed by atoms with Gasteiger partial charge in [-0.3, -0.25) is 9.59 Å². The Balaban J connectivity index is 1.75. The summed E-state index contributed by atoms with van der Waals surface area (Å²) < 4.78 is 10.7. The third-order valence-electron chi connectivity index (χ3n) is 5.27. The highest BCUT2D eigenvalue weighted by atomic mass is 32.1. The maximum atomic E-state index is 13.5. The van der Waals surface area contributed by atoms with Gasteiger partial charge in [-0.15, -0.1) is 22.7 Å². The van der Waals surface area contributed by atoms with Gasteiger partial charge in [0.2, 0.25) is 5.78 Å². The molecule has 0 saturated carbocycles. The summed E-state index contributed by atoms with van der Waals surface area (Å²) in [6.45, 7) is 3.76. The second kappa shape index (κ2) is 8.76. The Hall–Kier alpha value is -3.17. The highest BCUT2D eigenvalue weighted by Gasteiger charge is 2.45. The predicted octanol–water partition coefficient (Wildman–Crippen LogP) is 4.62. The first-order valence-corrected chi connectivity index (χ1v) is 11.5. The number of Topliss-reactive ketones (excluding diaryl/α,β-unsaturated/α-hetero) is 1. The largest absolute Gasteiger partial charge is 0.503 e. The van der Waals surface area contributed by atoms with Gasteiger partial charge in [0.25, 0.3) is 5.91 Å². The summed E-state index contributed by atoms with van der Waals surface area (Å²) in [5, 5.41) is 13.4. The average molecular weight is 471 g/mol. The molecule has 9 heteroatoms. The van der Waals surface area contributed by atoms with Crippen LogP contribution in [0.25, 0.3) is 0 Å². The lowest BCUT2D eigenvalue weighted by molar-refractivity contribution is -0.130. The second-order valence-electron chi connectivity index (χ2n) is 7.28. The smallest absolute Gasteiger partial charge is 0.290 e. The number of thiazole rings is 1. The van der Waals surface area contributed by atoms with Crippen molar-refractivity contribution in [2.45, 2.75) is 26.4 Å². The van der Waals surface area contributed by atoms with Crippen LogP contribution in [0.1, 0.15) is 36.9 Å². The van der Waals surface area contributed by atoms with Crippen molar-refractivity contribution in [2.75, 3.05) is 14.2 Å². The van der Waals surface area contributed by atoms with Gasteiger partial charge in [-0.25, -0.2) is 4.98 Å². The number of aryl methyl sites for hydroxylation is 2. The topological polar surface area (TPSA) is 89.0 Å². The van der Waals surface area contributed by atoms with Crippen molar-refractivity contribution in [1.82, 2.24) is 9.88 Å². The number of ketones is 1. The molecule has 1 aromatic carbocycles. The van der Waals surface area contributed by atoms with Crippen LogP contribution in [0.5, 0.6) is 11.5 Å². The molecule has 2 aromatic heterocycles. The quantitative estimate of drug-likeness (QED) is 0.507. The predicted molar refractivity (Wildman–Crippen MR) is 123 cm³/mol. The first-order chi connectivity index (χ1) is 15.3. The van der Waals surface area contributed by atoms with Crippen LogP contribution >= 0.6 is 22.7 Å². The molecule has 0 spiro atoms. The summed E-state index contributed by atoms with van der Waals surface area (Å²) in [5.41, 5.74) is 1.46. The van der Waals surface area contributed by atoms with Crippen LogP contribution in [0.4, 0.5) is 0 Å². The molecular weight excluding hydrogens is 448 g/mol. The zero-order valence-electron chi connectivity index (χ0n) is 18.0. The molecule has 7 nitrogen and oxygen atoms in total. The van der Waals surface area contributed by atoms with Crippen molar-refractivity contribution in [3.05, 3.63) is 73.1 Å². The number of rotatable bonds is 7. The molecule has 0 saturated heterocycles. The molecule has 4 rings (SSSR count). The molecule has 3 aromatic rings. The van der Waals surface area contributed by atoms with E-state index in [-0.39, 0.29) is 17.9 Å². The standard InChI is InChI=1S/C23H22N2O5S2/c1-12-22(32-13(2)24-12)20(26)18-19(17-6-5-9-31-17)25(23(28)21(18)27)11-14-7-8-15(29-3)16(10-14)30-4/h5-10,19,27H,11H2,1-4H3. The fourth-order valence-corrected chi connectivity index (χ4v) is 5.55. The van der Waals surface area contributed by atoms with Gasteiger partial charge in [-0.2, -0.15) is 0 Å². The van der Waals surface area contributed by atoms with Crippen LogP contribution in [-0.4, -0.2) is 40.9 Å². The minimum absolute atomic E-state index is 0.0877. The minimum Gasteiger partial charge on any atom is -0.503 e. The summed E-state index contributed by atoms with van der Waals surface area (Å²) in [5.74, 6) is -0.354. The van der Waals surface area contributed by atoms with E-state index in [0.29, 0.717) is 22.1 Å². The molecule has 1 unspecified atom stereocenters. The molecule has 32 heavy (non-hydrogen) atoms. The number of methoxy groups -OCH3 is 2. The van der Waals surface area contributed by atoms with Gasteiger partial charge in [0.15, 0.2) is 17.3 Å².